The molecule has 0 fully saturated rings. The van der Waals surface area contributed by atoms with Crippen LogP contribution in [-0.4, -0.2) is 20.9 Å². The average Bonchev–Trinajstić information content (AvgIpc) is 3.10. The van der Waals surface area contributed by atoms with Crippen molar-refractivity contribution < 1.29 is 9.50 Å². The molecule has 2 unspecified atom stereocenters. The Bertz CT molecular complexity index is 786. The van der Waals surface area contributed by atoms with Gasteiger partial charge in [0.1, 0.15) is 5.82 Å². The van der Waals surface area contributed by atoms with E-state index in [4.69, 9.17) is 0 Å². The first-order valence-corrected chi connectivity index (χ1v) is 8.37. The Hall–Kier alpha value is -2.50. The summed E-state index contributed by atoms with van der Waals surface area (Å²) in [5.74, 6) is -0.294. The summed E-state index contributed by atoms with van der Waals surface area (Å²) in [6.07, 6.45) is 3.77. The van der Waals surface area contributed by atoms with Gasteiger partial charge >= 0.3 is 0 Å². The van der Waals surface area contributed by atoms with E-state index in [0.717, 1.165) is 16.8 Å². The largest absolute Gasteiger partial charge is 0.388 e. The molecule has 25 heavy (non-hydrogen) atoms. The second kappa shape index (κ2) is 8.05. The zero-order valence-electron chi connectivity index (χ0n) is 14.1. The van der Waals surface area contributed by atoms with Crippen molar-refractivity contribution in [3.63, 3.8) is 0 Å². The number of para-hydroxylation sites is 1. The second-order valence-electron chi connectivity index (χ2n) is 6.21. The number of nitrogens with one attached hydrogen (secondary N) is 1. The van der Waals surface area contributed by atoms with Crippen molar-refractivity contribution >= 4 is 0 Å². The highest BCUT2D eigenvalue weighted by Gasteiger charge is 2.12. The molecule has 0 amide bonds. The van der Waals surface area contributed by atoms with Crippen LogP contribution in [-0.2, 0) is 6.54 Å². The normalized spacial score (nSPS) is 13.6. The molecule has 2 N–H and O–H groups in total. The third kappa shape index (κ3) is 4.75. The monoisotopic (exact) mass is 339 g/mol. The van der Waals surface area contributed by atoms with E-state index in [1.807, 2.05) is 54.3 Å². The molecule has 5 heteroatoms. The molecule has 0 aliphatic rings. The third-order valence-corrected chi connectivity index (χ3v) is 4.14. The van der Waals surface area contributed by atoms with Crippen molar-refractivity contribution in [3.05, 3.63) is 83.9 Å². The summed E-state index contributed by atoms with van der Waals surface area (Å²) >= 11 is 0. The topological polar surface area (TPSA) is 50.1 Å². The Kier molecular flexibility index (Phi) is 5.58. The van der Waals surface area contributed by atoms with E-state index in [0.29, 0.717) is 13.0 Å². The molecular formula is C20H22FN3O. The molecule has 3 aromatic rings. The molecule has 4 nitrogen and oxygen atoms in total. The molecule has 0 radical (unpaired) electrons. The van der Waals surface area contributed by atoms with E-state index in [1.54, 1.807) is 12.1 Å². The minimum atomic E-state index is -0.616. The number of aliphatic hydroxyl groups is 1. The predicted octanol–water partition coefficient (Wildman–Crippen LogP) is 3.61. The number of benzene rings is 2. The van der Waals surface area contributed by atoms with Crippen molar-refractivity contribution in [1.82, 2.24) is 15.1 Å². The van der Waals surface area contributed by atoms with Crippen LogP contribution in [0.1, 0.15) is 30.6 Å². The maximum absolute atomic E-state index is 12.9. The Morgan fingerprint density at radius 3 is 2.56 bits per heavy atom. The van der Waals surface area contributed by atoms with Crippen LogP contribution in [0.2, 0.25) is 0 Å². The molecule has 1 aromatic heterocycles. The fraction of sp³-hybridized carbons (Fsp3) is 0.250. The standard InChI is InChI=1S/C20H22FN3O/c1-15(11-20(25)17-7-9-18(21)10-8-17)22-12-16-13-23-24(14-16)19-5-3-2-4-6-19/h2-10,13-15,20,22,25H,11-12H2,1H3. The fourth-order valence-electron chi connectivity index (χ4n) is 2.70. The van der Waals surface area contributed by atoms with E-state index in [-0.39, 0.29) is 11.9 Å². The zero-order valence-corrected chi connectivity index (χ0v) is 14.1. The van der Waals surface area contributed by atoms with Crippen LogP contribution in [0, 0.1) is 5.82 Å². The number of nitrogens with zero attached hydrogens (tertiary/aromatic N) is 2. The van der Waals surface area contributed by atoms with Crippen LogP contribution < -0.4 is 5.32 Å². The van der Waals surface area contributed by atoms with E-state index in [9.17, 15) is 9.50 Å². The number of hydrogen-bond acceptors (Lipinski definition) is 3. The number of hydrogen-bond donors (Lipinski definition) is 2. The van der Waals surface area contributed by atoms with Gasteiger partial charge in [-0.3, -0.25) is 0 Å². The minimum absolute atomic E-state index is 0.111. The number of aromatic nitrogens is 2. The molecule has 0 aliphatic heterocycles. The molecule has 0 spiro atoms. The molecule has 0 aliphatic carbocycles. The van der Waals surface area contributed by atoms with Crippen LogP contribution in [0.5, 0.6) is 0 Å². The summed E-state index contributed by atoms with van der Waals surface area (Å²) in [5.41, 5.74) is 2.83. The lowest BCUT2D eigenvalue weighted by molar-refractivity contribution is 0.153. The quantitative estimate of drug-likeness (QED) is 0.691. The summed E-state index contributed by atoms with van der Waals surface area (Å²) in [7, 11) is 0. The maximum atomic E-state index is 12.9. The molecule has 130 valence electrons. The minimum Gasteiger partial charge on any atom is -0.388 e. The summed E-state index contributed by atoms with van der Waals surface area (Å²) in [5, 5.41) is 18.0. The van der Waals surface area contributed by atoms with Crippen molar-refractivity contribution in [3.8, 4) is 5.69 Å². The lowest BCUT2D eigenvalue weighted by Gasteiger charge is -2.18. The molecule has 0 saturated carbocycles. The van der Waals surface area contributed by atoms with Crippen LogP contribution >= 0.6 is 0 Å². The molecule has 0 saturated heterocycles. The van der Waals surface area contributed by atoms with Crippen LogP contribution in [0.15, 0.2) is 67.0 Å². The van der Waals surface area contributed by atoms with Crippen molar-refractivity contribution in [2.45, 2.75) is 32.0 Å². The van der Waals surface area contributed by atoms with E-state index >= 15 is 0 Å². The predicted molar refractivity (Wildman–Crippen MR) is 95.8 cm³/mol. The zero-order chi connectivity index (χ0) is 17.6. The van der Waals surface area contributed by atoms with Gasteiger partial charge in [-0.1, -0.05) is 30.3 Å². The summed E-state index contributed by atoms with van der Waals surface area (Å²) in [4.78, 5) is 0. The highest BCUT2D eigenvalue weighted by molar-refractivity contribution is 5.30. The Morgan fingerprint density at radius 2 is 1.84 bits per heavy atom. The summed E-state index contributed by atoms with van der Waals surface area (Å²) in [6.45, 7) is 2.69. The Morgan fingerprint density at radius 1 is 1.12 bits per heavy atom. The van der Waals surface area contributed by atoms with Gasteiger partial charge in [0.25, 0.3) is 0 Å². The highest BCUT2D eigenvalue weighted by Crippen LogP contribution is 2.19. The Labute approximate surface area is 146 Å². The fourth-order valence-corrected chi connectivity index (χ4v) is 2.70. The number of halogens is 1. The maximum Gasteiger partial charge on any atom is 0.123 e. The first kappa shape index (κ1) is 17.3. The van der Waals surface area contributed by atoms with E-state index in [2.05, 4.69) is 10.4 Å². The second-order valence-corrected chi connectivity index (χ2v) is 6.21. The lowest BCUT2D eigenvalue weighted by Crippen LogP contribution is -2.27. The first-order chi connectivity index (χ1) is 12.1. The summed E-state index contributed by atoms with van der Waals surface area (Å²) in [6, 6.07) is 16.0. The van der Waals surface area contributed by atoms with Gasteiger partial charge in [0.15, 0.2) is 0 Å². The molecule has 0 bridgehead atoms. The molecular weight excluding hydrogens is 317 g/mol. The van der Waals surface area contributed by atoms with Crippen LogP contribution in [0.4, 0.5) is 4.39 Å². The van der Waals surface area contributed by atoms with Crippen molar-refractivity contribution in [2.24, 2.45) is 0 Å². The van der Waals surface area contributed by atoms with Crippen LogP contribution in [0.3, 0.4) is 0 Å². The molecule has 1 heterocycles. The van der Waals surface area contributed by atoms with Gasteiger partial charge in [-0.2, -0.15) is 5.10 Å². The first-order valence-electron chi connectivity index (χ1n) is 8.37. The van der Waals surface area contributed by atoms with Gasteiger partial charge < -0.3 is 10.4 Å². The molecule has 2 atom stereocenters. The third-order valence-electron chi connectivity index (χ3n) is 4.14. The van der Waals surface area contributed by atoms with Gasteiger partial charge in [0.2, 0.25) is 0 Å². The van der Waals surface area contributed by atoms with Gasteiger partial charge in [-0.25, -0.2) is 9.07 Å². The SMILES string of the molecule is CC(CC(O)c1ccc(F)cc1)NCc1cnn(-c2ccccc2)c1. The number of rotatable bonds is 7. The van der Waals surface area contributed by atoms with Crippen molar-refractivity contribution in [1.29, 1.82) is 0 Å². The Balaban J connectivity index is 1.51. The highest BCUT2D eigenvalue weighted by atomic mass is 19.1. The van der Waals surface area contributed by atoms with Crippen LogP contribution in [0.25, 0.3) is 5.69 Å². The van der Waals surface area contributed by atoms with E-state index in [1.165, 1.54) is 12.1 Å². The van der Waals surface area contributed by atoms with Gasteiger partial charge in [-0.05, 0) is 43.2 Å². The summed E-state index contributed by atoms with van der Waals surface area (Å²) < 4.78 is 14.8. The lowest BCUT2D eigenvalue weighted by atomic mass is 10.0. The number of aliphatic hydroxyl groups excluding tert-OH is 1. The van der Waals surface area contributed by atoms with Gasteiger partial charge in [0.05, 0.1) is 18.0 Å². The molecule has 2 aromatic carbocycles. The smallest absolute Gasteiger partial charge is 0.123 e. The molecule has 3 rings (SSSR count). The average molecular weight is 339 g/mol. The van der Waals surface area contributed by atoms with Gasteiger partial charge in [0, 0.05) is 24.3 Å². The van der Waals surface area contributed by atoms with Crippen molar-refractivity contribution in [2.75, 3.05) is 0 Å². The van der Waals surface area contributed by atoms with E-state index < -0.39 is 6.10 Å². The van der Waals surface area contributed by atoms with Gasteiger partial charge in [-0.15, -0.1) is 0 Å².